The van der Waals surface area contributed by atoms with Crippen molar-refractivity contribution in [2.24, 2.45) is 0 Å². The molecule has 0 radical (unpaired) electrons. The Labute approximate surface area is 110 Å². The molecule has 1 aromatic rings. The van der Waals surface area contributed by atoms with Crippen molar-refractivity contribution in [1.29, 1.82) is 0 Å². The summed E-state index contributed by atoms with van der Waals surface area (Å²) >= 11 is 0. The quantitative estimate of drug-likeness (QED) is 0.715. The zero-order valence-corrected chi connectivity index (χ0v) is 12.2. The summed E-state index contributed by atoms with van der Waals surface area (Å²) in [6, 6.07) is 0.378. The molecule has 0 amide bonds. The predicted octanol–water partition coefficient (Wildman–Crippen LogP) is 1.59. The lowest BCUT2D eigenvalue weighted by Crippen LogP contribution is -2.30. The molecule has 0 aromatic carbocycles. The van der Waals surface area contributed by atoms with E-state index in [1.54, 1.807) is 7.11 Å². The van der Waals surface area contributed by atoms with Gasteiger partial charge < -0.3 is 19.5 Å². The molecule has 0 bridgehead atoms. The Hall–Kier alpha value is -1.07. The average Bonchev–Trinajstić information content (AvgIpc) is 2.58. The van der Waals surface area contributed by atoms with Crippen LogP contribution in [-0.2, 0) is 11.3 Å². The molecule has 1 N–H and O–H groups in total. The molecule has 0 aliphatic heterocycles. The van der Waals surface area contributed by atoms with E-state index in [1.165, 1.54) is 0 Å². The minimum Gasteiger partial charge on any atom is -0.385 e. The summed E-state index contributed by atoms with van der Waals surface area (Å²) in [5.41, 5.74) is 1.05. The van der Waals surface area contributed by atoms with Crippen LogP contribution in [0.4, 0.5) is 5.95 Å². The first-order chi connectivity index (χ1) is 8.52. The van der Waals surface area contributed by atoms with Gasteiger partial charge in [0.2, 0.25) is 5.95 Å². The fourth-order valence-electron chi connectivity index (χ4n) is 2.03. The first-order valence-electron chi connectivity index (χ1n) is 6.47. The number of anilines is 1. The van der Waals surface area contributed by atoms with Crippen molar-refractivity contribution >= 4 is 5.95 Å². The van der Waals surface area contributed by atoms with Crippen molar-refractivity contribution in [1.82, 2.24) is 14.5 Å². The lowest BCUT2D eigenvalue weighted by molar-refractivity contribution is 0.190. The number of methoxy groups -OCH3 is 1. The summed E-state index contributed by atoms with van der Waals surface area (Å²) in [6.45, 7) is 6.90. The Balaban J connectivity index is 2.57. The molecule has 104 valence electrons. The number of rotatable bonds is 8. The average molecular weight is 254 g/mol. The first kappa shape index (κ1) is 15.0. The van der Waals surface area contributed by atoms with E-state index in [2.05, 4.69) is 47.0 Å². The van der Waals surface area contributed by atoms with Gasteiger partial charge in [0.05, 0.1) is 5.69 Å². The van der Waals surface area contributed by atoms with Crippen molar-refractivity contribution in [3.63, 3.8) is 0 Å². The van der Waals surface area contributed by atoms with Gasteiger partial charge in [0.25, 0.3) is 0 Å². The molecular formula is C13H26N4O. The third kappa shape index (κ3) is 5.06. The summed E-state index contributed by atoms with van der Waals surface area (Å²) < 4.78 is 7.25. The van der Waals surface area contributed by atoms with E-state index in [1.807, 2.05) is 6.92 Å². The smallest absolute Gasteiger partial charge is 0.203 e. The Morgan fingerprint density at radius 1 is 1.50 bits per heavy atom. The summed E-state index contributed by atoms with van der Waals surface area (Å²) in [5.74, 6) is 0.956. The summed E-state index contributed by atoms with van der Waals surface area (Å²) in [6.07, 6.45) is 3.09. The van der Waals surface area contributed by atoms with Crippen LogP contribution in [0.25, 0.3) is 0 Å². The van der Waals surface area contributed by atoms with Crippen LogP contribution in [0.5, 0.6) is 0 Å². The molecular weight excluding hydrogens is 228 g/mol. The van der Waals surface area contributed by atoms with Gasteiger partial charge in [-0.1, -0.05) is 0 Å². The van der Waals surface area contributed by atoms with E-state index in [0.29, 0.717) is 6.04 Å². The lowest BCUT2D eigenvalue weighted by Gasteiger charge is -2.19. The molecule has 1 aromatic heterocycles. The number of imidazole rings is 1. The molecule has 18 heavy (non-hydrogen) atoms. The highest BCUT2D eigenvalue weighted by Crippen LogP contribution is 2.10. The van der Waals surface area contributed by atoms with E-state index in [4.69, 9.17) is 4.74 Å². The predicted molar refractivity (Wildman–Crippen MR) is 75.1 cm³/mol. The Morgan fingerprint density at radius 2 is 2.22 bits per heavy atom. The molecule has 5 nitrogen and oxygen atoms in total. The SMILES string of the molecule is COCCCn1cc(C)nc1NC(C)CN(C)C. The van der Waals surface area contributed by atoms with Crippen molar-refractivity contribution in [2.75, 3.05) is 39.7 Å². The number of ether oxygens (including phenoxy) is 1. The minimum atomic E-state index is 0.378. The van der Waals surface area contributed by atoms with Gasteiger partial charge in [0.1, 0.15) is 0 Å². The normalized spacial score (nSPS) is 13.0. The topological polar surface area (TPSA) is 42.3 Å². The molecule has 1 heterocycles. The van der Waals surface area contributed by atoms with E-state index in [9.17, 15) is 0 Å². The van der Waals surface area contributed by atoms with Crippen LogP contribution in [0.1, 0.15) is 19.0 Å². The van der Waals surface area contributed by atoms with Crippen LogP contribution in [0.3, 0.4) is 0 Å². The molecule has 0 saturated heterocycles. The second-order valence-electron chi connectivity index (χ2n) is 5.05. The first-order valence-corrected chi connectivity index (χ1v) is 6.47. The lowest BCUT2D eigenvalue weighted by atomic mass is 10.3. The van der Waals surface area contributed by atoms with Gasteiger partial charge in [0.15, 0.2) is 0 Å². The monoisotopic (exact) mass is 254 g/mol. The van der Waals surface area contributed by atoms with Gasteiger partial charge in [-0.25, -0.2) is 4.98 Å². The zero-order valence-electron chi connectivity index (χ0n) is 12.2. The Bertz CT molecular complexity index is 349. The molecule has 0 fully saturated rings. The minimum absolute atomic E-state index is 0.378. The second-order valence-corrected chi connectivity index (χ2v) is 5.05. The molecule has 0 aliphatic rings. The van der Waals surface area contributed by atoms with Crippen LogP contribution in [0.2, 0.25) is 0 Å². The van der Waals surface area contributed by atoms with Crippen LogP contribution in [-0.4, -0.2) is 54.8 Å². The highest BCUT2D eigenvalue weighted by molar-refractivity contribution is 5.30. The maximum Gasteiger partial charge on any atom is 0.203 e. The van der Waals surface area contributed by atoms with Gasteiger partial charge in [-0.05, 0) is 34.4 Å². The molecule has 5 heteroatoms. The van der Waals surface area contributed by atoms with Gasteiger partial charge >= 0.3 is 0 Å². The molecule has 1 atom stereocenters. The van der Waals surface area contributed by atoms with E-state index < -0.39 is 0 Å². The van der Waals surface area contributed by atoms with Gasteiger partial charge in [-0.15, -0.1) is 0 Å². The Morgan fingerprint density at radius 3 is 2.83 bits per heavy atom. The summed E-state index contributed by atoms with van der Waals surface area (Å²) in [7, 11) is 5.89. The molecule has 0 saturated carbocycles. The fourth-order valence-corrected chi connectivity index (χ4v) is 2.03. The van der Waals surface area contributed by atoms with Crippen LogP contribution >= 0.6 is 0 Å². The van der Waals surface area contributed by atoms with Crippen molar-refractivity contribution in [3.8, 4) is 0 Å². The second kappa shape index (κ2) is 7.38. The largest absolute Gasteiger partial charge is 0.385 e. The molecule has 1 unspecified atom stereocenters. The maximum absolute atomic E-state index is 5.08. The third-order valence-electron chi connectivity index (χ3n) is 2.66. The summed E-state index contributed by atoms with van der Waals surface area (Å²) in [5, 5.41) is 3.46. The molecule has 1 rings (SSSR count). The van der Waals surface area contributed by atoms with Crippen LogP contribution in [0.15, 0.2) is 6.20 Å². The van der Waals surface area contributed by atoms with E-state index in [-0.39, 0.29) is 0 Å². The number of aromatic nitrogens is 2. The number of hydrogen-bond donors (Lipinski definition) is 1. The fraction of sp³-hybridized carbons (Fsp3) is 0.769. The van der Waals surface area contributed by atoms with Crippen LogP contribution < -0.4 is 5.32 Å². The van der Waals surface area contributed by atoms with Crippen LogP contribution in [0, 0.1) is 6.92 Å². The number of aryl methyl sites for hydroxylation is 2. The zero-order chi connectivity index (χ0) is 13.5. The van der Waals surface area contributed by atoms with E-state index in [0.717, 1.165) is 37.8 Å². The third-order valence-corrected chi connectivity index (χ3v) is 2.66. The van der Waals surface area contributed by atoms with E-state index >= 15 is 0 Å². The number of nitrogens with one attached hydrogen (secondary N) is 1. The standard InChI is InChI=1S/C13H26N4O/c1-11(9-16(3)4)14-13-15-12(2)10-17(13)7-6-8-18-5/h10-11H,6-9H2,1-5H3,(H,14,15). The van der Waals surface area contributed by atoms with Gasteiger partial charge in [-0.3, -0.25) is 0 Å². The summed E-state index contributed by atoms with van der Waals surface area (Å²) in [4.78, 5) is 6.70. The number of nitrogens with zero attached hydrogens (tertiary/aromatic N) is 3. The molecule has 0 aliphatic carbocycles. The number of likely N-dealkylation sites (N-methyl/N-ethyl adjacent to an activating group) is 1. The van der Waals surface area contributed by atoms with Gasteiger partial charge in [0, 0.05) is 39.0 Å². The highest BCUT2D eigenvalue weighted by Gasteiger charge is 2.09. The Kier molecular flexibility index (Phi) is 6.15. The van der Waals surface area contributed by atoms with Crippen molar-refractivity contribution < 1.29 is 4.74 Å². The van der Waals surface area contributed by atoms with Crippen molar-refractivity contribution in [2.45, 2.75) is 32.9 Å². The van der Waals surface area contributed by atoms with Crippen molar-refractivity contribution in [3.05, 3.63) is 11.9 Å². The maximum atomic E-state index is 5.08. The number of hydrogen-bond acceptors (Lipinski definition) is 4. The molecule has 0 spiro atoms. The highest BCUT2D eigenvalue weighted by atomic mass is 16.5. The van der Waals surface area contributed by atoms with Gasteiger partial charge in [-0.2, -0.15) is 0 Å².